The number of fused-ring (bicyclic) bond motifs is 1. The quantitative estimate of drug-likeness (QED) is 0.783. The lowest BCUT2D eigenvalue weighted by molar-refractivity contribution is 0.0950. The number of aromatic nitrogens is 2. The van der Waals surface area contributed by atoms with Crippen LogP contribution >= 0.6 is 0 Å². The molecule has 3 rings (SSSR count). The van der Waals surface area contributed by atoms with E-state index in [0.717, 1.165) is 17.0 Å². The summed E-state index contributed by atoms with van der Waals surface area (Å²) in [6.07, 6.45) is 1.94. The number of carbonyl (C=O) groups excluding carboxylic acids is 1. The molecule has 1 amide bonds. The largest absolute Gasteiger partial charge is 0.493 e. The van der Waals surface area contributed by atoms with Gasteiger partial charge in [0, 0.05) is 11.8 Å². The first-order chi connectivity index (χ1) is 11.6. The molecular weight excluding hydrogens is 306 g/mol. The first-order valence-electron chi connectivity index (χ1n) is 7.57. The van der Waals surface area contributed by atoms with Gasteiger partial charge in [-0.3, -0.25) is 4.79 Å². The first kappa shape index (κ1) is 15.9. The molecule has 2 heterocycles. The molecule has 0 aliphatic heterocycles. The molecule has 2 aromatic heterocycles. The van der Waals surface area contributed by atoms with Crippen molar-refractivity contribution in [2.75, 3.05) is 14.2 Å². The molecule has 0 bridgehead atoms. The van der Waals surface area contributed by atoms with Crippen LogP contribution in [0.15, 0.2) is 42.6 Å². The van der Waals surface area contributed by atoms with E-state index in [9.17, 15) is 4.79 Å². The maximum atomic E-state index is 12.4. The Labute approximate surface area is 140 Å². The maximum Gasteiger partial charge on any atom is 0.251 e. The lowest BCUT2D eigenvalue weighted by Crippen LogP contribution is -2.24. The van der Waals surface area contributed by atoms with Crippen LogP contribution in [0, 0.1) is 6.92 Å². The molecule has 0 fully saturated rings. The van der Waals surface area contributed by atoms with Gasteiger partial charge in [0.15, 0.2) is 11.5 Å². The Kier molecular flexibility index (Phi) is 4.37. The summed E-state index contributed by atoms with van der Waals surface area (Å²) in [7, 11) is 3.10. The van der Waals surface area contributed by atoms with E-state index in [-0.39, 0.29) is 5.91 Å². The highest BCUT2D eigenvalue weighted by atomic mass is 16.5. The highest BCUT2D eigenvalue weighted by Crippen LogP contribution is 2.27. The fraction of sp³-hybridized carbons (Fsp3) is 0.222. The second kappa shape index (κ2) is 6.62. The number of methoxy groups -OCH3 is 2. The molecule has 0 saturated heterocycles. The first-order valence-corrected chi connectivity index (χ1v) is 7.57. The van der Waals surface area contributed by atoms with Crippen molar-refractivity contribution < 1.29 is 14.3 Å². The number of nitrogens with zero attached hydrogens (tertiary/aromatic N) is 2. The molecule has 124 valence electrons. The van der Waals surface area contributed by atoms with Crippen molar-refractivity contribution in [2.45, 2.75) is 13.5 Å². The third-order valence-electron chi connectivity index (χ3n) is 3.89. The Hall–Kier alpha value is -3.02. The molecule has 0 aliphatic rings. The minimum Gasteiger partial charge on any atom is -0.493 e. The number of imidazole rings is 1. The Balaban J connectivity index is 1.79. The van der Waals surface area contributed by atoms with Crippen LogP contribution in [0.2, 0.25) is 0 Å². The molecule has 1 aromatic carbocycles. The summed E-state index contributed by atoms with van der Waals surface area (Å²) < 4.78 is 12.4. The monoisotopic (exact) mass is 325 g/mol. The van der Waals surface area contributed by atoms with Gasteiger partial charge >= 0.3 is 0 Å². The topological polar surface area (TPSA) is 64.9 Å². The van der Waals surface area contributed by atoms with Gasteiger partial charge in [0.05, 0.1) is 32.2 Å². The Morgan fingerprint density at radius 2 is 1.96 bits per heavy atom. The van der Waals surface area contributed by atoms with E-state index in [0.29, 0.717) is 23.6 Å². The second-order valence-electron chi connectivity index (χ2n) is 5.33. The van der Waals surface area contributed by atoms with Crippen molar-refractivity contribution in [3.8, 4) is 11.5 Å². The zero-order valence-electron chi connectivity index (χ0n) is 13.9. The molecule has 24 heavy (non-hydrogen) atoms. The minimum atomic E-state index is -0.179. The molecule has 6 nitrogen and oxygen atoms in total. The number of amides is 1. The molecular formula is C18H19N3O3. The van der Waals surface area contributed by atoms with E-state index in [1.165, 1.54) is 0 Å². The van der Waals surface area contributed by atoms with E-state index in [4.69, 9.17) is 9.47 Å². The van der Waals surface area contributed by atoms with Crippen molar-refractivity contribution in [3.63, 3.8) is 0 Å². The lowest BCUT2D eigenvalue weighted by atomic mass is 10.2. The van der Waals surface area contributed by atoms with Crippen LogP contribution in [0.4, 0.5) is 0 Å². The Morgan fingerprint density at radius 3 is 2.71 bits per heavy atom. The second-order valence-corrected chi connectivity index (χ2v) is 5.33. The average Bonchev–Trinajstić information content (AvgIpc) is 2.94. The molecule has 6 heteroatoms. The van der Waals surface area contributed by atoms with Gasteiger partial charge in [0.1, 0.15) is 5.65 Å². The van der Waals surface area contributed by atoms with E-state index in [2.05, 4.69) is 10.3 Å². The van der Waals surface area contributed by atoms with E-state index < -0.39 is 0 Å². The van der Waals surface area contributed by atoms with Crippen molar-refractivity contribution in [1.29, 1.82) is 0 Å². The van der Waals surface area contributed by atoms with Gasteiger partial charge in [-0.1, -0.05) is 6.07 Å². The molecule has 1 N–H and O–H groups in total. The summed E-state index contributed by atoms with van der Waals surface area (Å²) in [6, 6.07) is 10.9. The van der Waals surface area contributed by atoms with Crippen LogP contribution in [-0.4, -0.2) is 29.5 Å². The molecule has 0 aliphatic carbocycles. The number of rotatable bonds is 5. The SMILES string of the molecule is COc1ccc(C(=O)NCc2c(C)nc3ccccn23)cc1OC. The molecule has 0 saturated carbocycles. The zero-order chi connectivity index (χ0) is 17.1. The normalized spacial score (nSPS) is 10.6. The number of hydrogen-bond acceptors (Lipinski definition) is 4. The Bertz CT molecular complexity index is 886. The number of ether oxygens (including phenoxy) is 2. The minimum absolute atomic E-state index is 0.179. The number of aryl methyl sites for hydroxylation is 1. The van der Waals surface area contributed by atoms with E-state index in [1.807, 2.05) is 35.7 Å². The van der Waals surface area contributed by atoms with E-state index >= 15 is 0 Å². The maximum absolute atomic E-state index is 12.4. The summed E-state index contributed by atoms with van der Waals surface area (Å²) in [6.45, 7) is 2.33. The number of hydrogen-bond donors (Lipinski definition) is 1. The van der Waals surface area contributed by atoms with Crippen LogP contribution in [0.25, 0.3) is 5.65 Å². The van der Waals surface area contributed by atoms with Gasteiger partial charge in [-0.25, -0.2) is 4.98 Å². The van der Waals surface area contributed by atoms with E-state index in [1.54, 1.807) is 32.4 Å². The third-order valence-corrected chi connectivity index (χ3v) is 3.89. The highest BCUT2D eigenvalue weighted by molar-refractivity contribution is 5.94. The van der Waals surface area contributed by atoms with Gasteiger partial charge in [0.2, 0.25) is 0 Å². The molecule has 0 radical (unpaired) electrons. The fourth-order valence-electron chi connectivity index (χ4n) is 2.62. The smallest absolute Gasteiger partial charge is 0.251 e. The summed E-state index contributed by atoms with van der Waals surface area (Å²) in [5.74, 6) is 0.934. The summed E-state index contributed by atoms with van der Waals surface area (Å²) >= 11 is 0. The van der Waals surface area contributed by atoms with Crippen molar-refractivity contribution in [2.24, 2.45) is 0 Å². The highest BCUT2D eigenvalue weighted by Gasteiger charge is 2.13. The van der Waals surface area contributed by atoms with Crippen LogP contribution in [0.3, 0.4) is 0 Å². The van der Waals surface area contributed by atoms with Crippen LogP contribution in [-0.2, 0) is 6.54 Å². The molecule has 0 spiro atoms. The standard InChI is InChI=1S/C18H19N3O3/c1-12-14(21-9-5-4-6-17(21)20-12)11-19-18(22)13-7-8-15(23-2)16(10-13)24-3/h4-10H,11H2,1-3H3,(H,19,22). The molecule has 0 unspecified atom stereocenters. The predicted octanol–water partition coefficient (Wildman–Crippen LogP) is 2.59. The van der Waals surface area contributed by atoms with Crippen molar-refractivity contribution >= 4 is 11.6 Å². The summed E-state index contributed by atoms with van der Waals surface area (Å²) in [5, 5.41) is 2.93. The third kappa shape index (κ3) is 2.90. The van der Waals surface area contributed by atoms with Crippen molar-refractivity contribution in [1.82, 2.24) is 14.7 Å². The Morgan fingerprint density at radius 1 is 1.17 bits per heavy atom. The van der Waals surface area contributed by atoms with Gasteiger partial charge in [0.25, 0.3) is 5.91 Å². The van der Waals surface area contributed by atoms with Crippen LogP contribution < -0.4 is 14.8 Å². The van der Waals surface area contributed by atoms with Gasteiger partial charge in [-0.05, 0) is 37.3 Å². The van der Waals surface area contributed by atoms with Gasteiger partial charge in [-0.15, -0.1) is 0 Å². The zero-order valence-corrected chi connectivity index (χ0v) is 13.9. The number of pyridine rings is 1. The lowest BCUT2D eigenvalue weighted by Gasteiger charge is -2.10. The average molecular weight is 325 g/mol. The predicted molar refractivity (Wildman–Crippen MR) is 90.6 cm³/mol. The number of carbonyl (C=O) groups is 1. The van der Waals surface area contributed by atoms with Gasteiger partial charge in [-0.2, -0.15) is 0 Å². The van der Waals surface area contributed by atoms with Crippen molar-refractivity contribution in [3.05, 3.63) is 59.5 Å². The fourth-order valence-corrected chi connectivity index (χ4v) is 2.62. The number of nitrogens with one attached hydrogen (secondary N) is 1. The van der Waals surface area contributed by atoms with Crippen LogP contribution in [0.5, 0.6) is 11.5 Å². The number of benzene rings is 1. The summed E-state index contributed by atoms with van der Waals surface area (Å²) in [5.41, 5.74) is 3.23. The molecule has 0 atom stereocenters. The van der Waals surface area contributed by atoms with Crippen LogP contribution in [0.1, 0.15) is 21.7 Å². The van der Waals surface area contributed by atoms with Gasteiger partial charge < -0.3 is 19.2 Å². The molecule has 3 aromatic rings. The summed E-state index contributed by atoms with van der Waals surface area (Å²) in [4.78, 5) is 16.9.